The Balaban J connectivity index is 1.41. The maximum atomic E-state index is 14.9. The third-order valence-corrected chi connectivity index (χ3v) is 7.15. The van der Waals surface area contributed by atoms with Gasteiger partial charge in [0.25, 0.3) is 0 Å². The summed E-state index contributed by atoms with van der Waals surface area (Å²) in [5.41, 5.74) is 3.81. The molecule has 4 rings (SSSR count). The number of amides is 2. The summed E-state index contributed by atoms with van der Waals surface area (Å²) < 4.78 is 21.2. The number of hydrogen-bond acceptors (Lipinski definition) is 6. The lowest BCUT2D eigenvalue weighted by Crippen LogP contribution is -2.33. The Labute approximate surface area is 193 Å². The van der Waals surface area contributed by atoms with E-state index in [2.05, 4.69) is 10.3 Å². The largest absolute Gasteiger partial charge is 0.442 e. The second-order valence-corrected chi connectivity index (χ2v) is 9.54. The number of ether oxygens (including phenoxy) is 1. The molecule has 1 aromatic heterocycles. The summed E-state index contributed by atoms with van der Waals surface area (Å²) in [6.45, 7) is 3.86. The van der Waals surface area contributed by atoms with Gasteiger partial charge < -0.3 is 10.1 Å². The number of aryl methyl sites for hydroxylation is 1. The van der Waals surface area contributed by atoms with Gasteiger partial charge in [-0.05, 0) is 36.2 Å². The molecule has 0 bridgehead atoms. The van der Waals surface area contributed by atoms with Crippen LogP contribution in [0.1, 0.15) is 18.2 Å². The van der Waals surface area contributed by atoms with E-state index in [0.717, 1.165) is 26.9 Å². The lowest BCUT2D eigenvalue weighted by atomic mass is 10.0. The molecule has 0 saturated carbocycles. The van der Waals surface area contributed by atoms with Crippen molar-refractivity contribution in [3.8, 4) is 11.1 Å². The molecule has 1 aliphatic rings. The summed E-state index contributed by atoms with van der Waals surface area (Å²) in [6, 6.07) is 12.5. The van der Waals surface area contributed by atoms with Gasteiger partial charge in [-0.2, -0.15) is 0 Å². The monoisotopic (exact) mass is 471 g/mol. The van der Waals surface area contributed by atoms with E-state index < -0.39 is 18.0 Å². The minimum atomic E-state index is -0.551. The van der Waals surface area contributed by atoms with Gasteiger partial charge in [0.1, 0.15) is 16.3 Å². The molecule has 9 heteroatoms. The molecular formula is C23H22FN3O3S2. The van der Waals surface area contributed by atoms with E-state index in [1.807, 2.05) is 36.6 Å². The Morgan fingerprint density at radius 2 is 2.09 bits per heavy atom. The van der Waals surface area contributed by atoms with Crippen molar-refractivity contribution < 1.29 is 18.7 Å². The Kier molecular flexibility index (Phi) is 6.76. The maximum absolute atomic E-state index is 14.9. The fourth-order valence-electron chi connectivity index (χ4n) is 3.33. The molecule has 0 radical (unpaired) electrons. The highest BCUT2D eigenvalue weighted by Crippen LogP contribution is 2.31. The summed E-state index contributed by atoms with van der Waals surface area (Å²) in [5.74, 6) is 0.185. The van der Waals surface area contributed by atoms with Crippen molar-refractivity contribution in [2.75, 3.05) is 18.0 Å². The van der Waals surface area contributed by atoms with Gasteiger partial charge in [-0.3, -0.25) is 9.69 Å². The molecule has 6 nitrogen and oxygen atoms in total. The number of carbonyl (C=O) groups is 2. The van der Waals surface area contributed by atoms with Gasteiger partial charge in [-0.1, -0.05) is 36.0 Å². The standard InChI is InChI=1S/C23H22FN3O3S2/c1-14-12-31-22(26-14)32-13-16-3-5-17(6-4-16)20-8-7-18(9-21(20)24)27-11-19(30-23(27)29)10-25-15(2)28/h3-9,12,19H,10-11,13H2,1-2H3,(H,25,28)/t19-/m0/s1. The number of thiazole rings is 1. The molecule has 1 fully saturated rings. The van der Waals surface area contributed by atoms with Crippen LogP contribution >= 0.6 is 23.1 Å². The van der Waals surface area contributed by atoms with Crippen LogP contribution in [0.25, 0.3) is 11.1 Å². The van der Waals surface area contributed by atoms with Gasteiger partial charge in [0, 0.05) is 29.3 Å². The number of cyclic esters (lactones) is 1. The number of hydrogen-bond donors (Lipinski definition) is 1. The molecular weight excluding hydrogens is 449 g/mol. The number of rotatable bonds is 7. The van der Waals surface area contributed by atoms with Crippen LogP contribution in [0.15, 0.2) is 52.2 Å². The predicted molar refractivity (Wildman–Crippen MR) is 125 cm³/mol. The molecule has 1 saturated heterocycles. The molecule has 0 spiro atoms. The Morgan fingerprint density at radius 3 is 2.75 bits per heavy atom. The summed E-state index contributed by atoms with van der Waals surface area (Å²) in [7, 11) is 0. The lowest BCUT2D eigenvalue weighted by molar-refractivity contribution is -0.119. The Hall–Kier alpha value is -2.91. The van der Waals surface area contributed by atoms with Gasteiger partial charge >= 0.3 is 6.09 Å². The van der Waals surface area contributed by atoms with E-state index in [1.165, 1.54) is 17.9 Å². The van der Waals surface area contributed by atoms with Crippen molar-refractivity contribution in [3.05, 3.63) is 64.9 Å². The number of benzene rings is 2. The van der Waals surface area contributed by atoms with E-state index in [9.17, 15) is 14.0 Å². The number of halogens is 1. The van der Waals surface area contributed by atoms with Crippen LogP contribution in [0, 0.1) is 12.7 Å². The van der Waals surface area contributed by atoms with Crippen LogP contribution in [-0.2, 0) is 15.3 Å². The van der Waals surface area contributed by atoms with Crippen LogP contribution in [0.4, 0.5) is 14.9 Å². The number of anilines is 1. The number of nitrogens with one attached hydrogen (secondary N) is 1. The molecule has 0 aliphatic carbocycles. The zero-order valence-corrected chi connectivity index (χ0v) is 19.3. The Bertz CT molecular complexity index is 1130. The highest BCUT2D eigenvalue weighted by Gasteiger charge is 2.32. The molecule has 1 aliphatic heterocycles. The SMILES string of the molecule is CC(=O)NC[C@H]1CN(c2ccc(-c3ccc(CSc4nc(C)cs4)cc3)c(F)c2)C(=O)O1. The number of nitrogens with zero attached hydrogens (tertiary/aromatic N) is 2. The molecule has 2 aromatic carbocycles. The van der Waals surface area contributed by atoms with E-state index in [-0.39, 0.29) is 19.0 Å². The third-order valence-electron chi connectivity index (χ3n) is 4.94. The highest BCUT2D eigenvalue weighted by molar-refractivity contribution is 8.00. The van der Waals surface area contributed by atoms with E-state index in [4.69, 9.17) is 4.74 Å². The second kappa shape index (κ2) is 9.70. The summed E-state index contributed by atoms with van der Waals surface area (Å²) in [6.07, 6.45) is -1.02. The first kappa shape index (κ1) is 22.3. The summed E-state index contributed by atoms with van der Waals surface area (Å²) >= 11 is 3.31. The van der Waals surface area contributed by atoms with Gasteiger partial charge in [-0.25, -0.2) is 14.2 Å². The third kappa shape index (κ3) is 5.28. The molecule has 1 N–H and O–H groups in total. The first-order chi connectivity index (χ1) is 15.4. The van der Waals surface area contributed by atoms with E-state index >= 15 is 0 Å². The zero-order valence-electron chi connectivity index (χ0n) is 17.6. The summed E-state index contributed by atoms with van der Waals surface area (Å²) in [4.78, 5) is 29.0. The number of thioether (sulfide) groups is 1. The lowest BCUT2D eigenvalue weighted by Gasteiger charge is -2.14. The van der Waals surface area contributed by atoms with Crippen molar-refractivity contribution in [1.29, 1.82) is 0 Å². The molecule has 2 heterocycles. The predicted octanol–water partition coefficient (Wildman–Crippen LogP) is 5.01. The van der Waals surface area contributed by atoms with Crippen molar-refractivity contribution in [1.82, 2.24) is 10.3 Å². The molecule has 2 amide bonds. The second-order valence-electron chi connectivity index (χ2n) is 7.46. The van der Waals surface area contributed by atoms with Gasteiger partial charge in [0.05, 0.1) is 18.8 Å². The van der Waals surface area contributed by atoms with Crippen molar-refractivity contribution >= 4 is 40.8 Å². The van der Waals surface area contributed by atoms with Gasteiger partial charge in [0.2, 0.25) is 5.91 Å². The fraction of sp³-hybridized carbons (Fsp3) is 0.261. The van der Waals surface area contributed by atoms with Crippen molar-refractivity contribution in [2.45, 2.75) is 30.0 Å². The highest BCUT2D eigenvalue weighted by atomic mass is 32.2. The van der Waals surface area contributed by atoms with Crippen LogP contribution in [0.2, 0.25) is 0 Å². The van der Waals surface area contributed by atoms with Gasteiger partial charge in [0.15, 0.2) is 0 Å². The van der Waals surface area contributed by atoms with E-state index in [1.54, 1.807) is 35.2 Å². The summed E-state index contributed by atoms with van der Waals surface area (Å²) in [5, 5.41) is 4.66. The molecule has 1 atom stereocenters. The Morgan fingerprint density at radius 1 is 1.31 bits per heavy atom. The first-order valence-electron chi connectivity index (χ1n) is 10.1. The van der Waals surface area contributed by atoms with Crippen LogP contribution in [0.5, 0.6) is 0 Å². The minimum absolute atomic E-state index is 0.196. The molecule has 166 valence electrons. The normalized spacial score (nSPS) is 15.7. The fourth-order valence-corrected chi connectivity index (χ4v) is 5.13. The van der Waals surface area contributed by atoms with Gasteiger partial charge in [-0.15, -0.1) is 11.3 Å². The van der Waals surface area contributed by atoms with E-state index in [0.29, 0.717) is 11.3 Å². The number of carbonyl (C=O) groups excluding carboxylic acids is 2. The first-order valence-corrected chi connectivity index (χ1v) is 11.9. The molecule has 3 aromatic rings. The average molecular weight is 472 g/mol. The molecule has 0 unspecified atom stereocenters. The van der Waals surface area contributed by atoms with Crippen molar-refractivity contribution in [3.63, 3.8) is 0 Å². The average Bonchev–Trinajstić information content (AvgIpc) is 3.36. The zero-order chi connectivity index (χ0) is 22.7. The van der Waals surface area contributed by atoms with Crippen molar-refractivity contribution in [2.24, 2.45) is 0 Å². The maximum Gasteiger partial charge on any atom is 0.414 e. The quantitative estimate of drug-likeness (QED) is 0.491. The minimum Gasteiger partial charge on any atom is -0.442 e. The van der Waals surface area contributed by atoms with Crippen LogP contribution in [-0.4, -0.2) is 36.2 Å². The smallest absolute Gasteiger partial charge is 0.414 e. The van der Waals surface area contributed by atoms with Crippen LogP contribution < -0.4 is 10.2 Å². The molecule has 32 heavy (non-hydrogen) atoms. The number of aromatic nitrogens is 1. The van der Waals surface area contributed by atoms with Crippen LogP contribution in [0.3, 0.4) is 0 Å². The topological polar surface area (TPSA) is 71.5 Å².